The molecular formula is C17H33N3O3. The number of nitrogens with two attached hydrogens (primary N) is 1. The summed E-state index contributed by atoms with van der Waals surface area (Å²) in [4.78, 5) is 32.6. The number of unbranched alkanes of at least 4 members (excludes halogenated alkanes) is 9. The molecule has 0 aromatic carbocycles. The topological polar surface area (TPSA) is 101 Å². The Labute approximate surface area is 140 Å². The molecule has 0 bridgehead atoms. The normalized spacial score (nSPS) is 11.0. The van der Waals surface area contributed by atoms with Gasteiger partial charge in [-0.3, -0.25) is 14.4 Å². The maximum Gasteiger partial charge on any atom is 0.221 e. The average molecular weight is 327 g/mol. The summed E-state index contributed by atoms with van der Waals surface area (Å²) in [7, 11) is 0. The molecule has 0 aromatic heterocycles. The van der Waals surface area contributed by atoms with Crippen molar-refractivity contribution in [1.29, 1.82) is 0 Å². The number of amides is 3. The molecule has 0 aliphatic carbocycles. The molecule has 0 unspecified atom stereocenters. The van der Waals surface area contributed by atoms with Gasteiger partial charge in [0.25, 0.3) is 0 Å². The molecule has 3 amide bonds. The lowest BCUT2D eigenvalue weighted by Gasteiger charge is -2.31. The van der Waals surface area contributed by atoms with Crippen LogP contribution < -0.4 is 16.4 Å². The standard InChI is InChI=1S/C17H33N3O3/c1-2-3-4-5-6-7-8-9-10-11-12-17(19-14-21,20-15-22)13-16(18)23/h14-15H,2-13H2,1H3,(H2,18,23)(H,19,21)(H,20,22). The van der Waals surface area contributed by atoms with E-state index in [-0.39, 0.29) is 6.42 Å². The van der Waals surface area contributed by atoms with Crippen LogP contribution in [0.2, 0.25) is 0 Å². The van der Waals surface area contributed by atoms with Crippen LogP contribution in [0.5, 0.6) is 0 Å². The fourth-order valence-electron chi connectivity index (χ4n) is 2.81. The first-order chi connectivity index (χ1) is 11.1. The molecule has 0 aliphatic heterocycles. The van der Waals surface area contributed by atoms with Crippen LogP contribution >= 0.6 is 0 Å². The van der Waals surface area contributed by atoms with Crippen LogP contribution in [0.4, 0.5) is 0 Å². The monoisotopic (exact) mass is 327 g/mol. The van der Waals surface area contributed by atoms with Crippen molar-refractivity contribution < 1.29 is 14.4 Å². The molecule has 4 N–H and O–H groups in total. The number of rotatable bonds is 17. The van der Waals surface area contributed by atoms with Gasteiger partial charge in [-0.05, 0) is 12.8 Å². The van der Waals surface area contributed by atoms with E-state index in [0.717, 1.165) is 19.3 Å². The zero-order valence-corrected chi connectivity index (χ0v) is 14.4. The molecule has 0 fully saturated rings. The van der Waals surface area contributed by atoms with E-state index in [2.05, 4.69) is 17.6 Å². The zero-order valence-electron chi connectivity index (χ0n) is 14.4. The number of nitrogens with one attached hydrogen (secondary N) is 2. The van der Waals surface area contributed by atoms with E-state index < -0.39 is 11.6 Å². The molecule has 0 atom stereocenters. The summed E-state index contributed by atoms with van der Waals surface area (Å²) in [6.07, 6.45) is 13.4. The van der Waals surface area contributed by atoms with Crippen LogP contribution in [0.25, 0.3) is 0 Å². The number of primary amides is 1. The van der Waals surface area contributed by atoms with Crippen LogP contribution in [0.3, 0.4) is 0 Å². The molecule has 0 saturated heterocycles. The second kappa shape index (κ2) is 14.0. The van der Waals surface area contributed by atoms with Gasteiger partial charge < -0.3 is 16.4 Å². The van der Waals surface area contributed by atoms with E-state index in [9.17, 15) is 14.4 Å². The Kier molecular flexibility index (Phi) is 13.1. The fourth-order valence-corrected chi connectivity index (χ4v) is 2.81. The molecule has 0 rings (SSSR count). The van der Waals surface area contributed by atoms with Crippen molar-refractivity contribution in [1.82, 2.24) is 10.6 Å². The maximum absolute atomic E-state index is 11.2. The van der Waals surface area contributed by atoms with Gasteiger partial charge in [0.2, 0.25) is 18.7 Å². The molecule has 6 heteroatoms. The third-order valence-corrected chi connectivity index (χ3v) is 4.10. The second-order valence-corrected chi connectivity index (χ2v) is 6.18. The first kappa shape index (κ1) is 21.4. The van der Waals surface area contributed by atoms with Gasteiger partial charge in [0.05, 0.1) is 6.42 Å². The Morgan fingerprint density at radius 1 is 0.870 bits per heavy atom. The van der Waals surface area contributed by atoms with E-state index in [1.165, 1.54) is 44.9 Å². The molecular weight excluding hydrogens is 294 g/mol. The molecule has 0 heterocycles. The summed E-state index contributed by atoms with van der Waals surface area (Å²) in [6.45, 7) is 2.22. The second-order valence-electron chi connectivity index (χ2n) is 6.18. The third kappa shape index (κ3) is 11.6. The Morgan fingerprint density at radius 3 is 1.70 bits per heavy atom. The maximum atomic E-state index is 11.2. The van der Waals surface area contributed by atoms with Gasteiger partial charge in [-0.25, -0.2) is 0 Å². The zero-order chi connectivity index (χ0) is 17.4. The summed E-state index contributed by atoms with van der Waals surface area (Å²) in [6, 6.07) is 0. The first-order valence-electron chi connectivity index (χ1n) is 8.81. The highest BCUT2D eigenvalue weighted by atomic mass is 16.2. The van der Waals surface area contributed by atoms with Crippen molar-refractivity contribution in [2.45, 2.75) is 89.6 Å². The molecule has 0 spiro atoms. The molecule has 6 nitrogen and oxygen atoms in total. The highest BCUT2D eigenvalue weighted by Gasteiger charge is 2.30. The van der Waals surface area contributed by atoms with Gasteiger partial charge in [0.1, 0.15) is 5.66 Å². The van der Waals surface area contributed by atoms with E-state index >= 15 is 0 Å². The number of carbonyl (C=O) groups is 3. The molecule has 0 aliphatic rings. The molecule has 134 valence electrons. The van der Waals surface area contributed by atoms with Crippen molar-refractivity contribution >= 4 is 18.7 Å². The molecule has 0 radical (unpaired) electrons. The highest BCUT2D eigenvalue weighted by Crippen LogP contribution is 2.17. The van der Waals surface area contributed by atoms with Crippen molar-refractivity contribution in [2.75, 3.05) is 0 Å². The van der Waals surface area contributed by atoms with Gasteiger partial charge in [-0.15, -0.1) is 0 Å². The minimum absolute atomic E-state index is 0.0953. The lowest BCUT2D eigenvalue weighted by Crippen LogP contribution is -2.57. The Balaban J connectivity index is 3.91. The predicted octanol–water partition coefficient (Wildman–Crippen LogP) is 2.36. The van der Waals surface area contributed by atoms with Crippen LogP contribution in [-0.4, -0.2) is 24.4 Å². The predicted molar refractivity (Wildman–Crippen MR) is 91.4 cm³/mol. The summed E-state index contributed by atoms with van der Waals surface area (Å²) >= 11 is 0. The average Bonchev–Trinajstić information content (AvgIpc) is 2.49. The third-order valence-electron chi connectivity index (χ3n) is 4.10. The van der Waals surface area contributed by atoms with E-state index in [4.69, 9.17) is 5.73 Å². The van der Waals surface area contributed by atoms with Crippen LogP contribution in [0.15, 0.2) is 0 Å². The van der Waals surface area contributed by atoms with Crippen LogP contribution in [0.1, 0.15) is 84.0 Å². The van der Waals surface area contributed by atoms with Crippen molar-refractivity contribution in [3.63, 3.8) is 0 Å². The Hall–Kier alpha value is -1.59. The van der Waals surface area contributed by atoms with Gasteiger partial charge in [-0.1, -0.05) is 64.7 Å². The largest absolute Gasteiger partial charge is 0.370 e. The molecule has 0 aromatic rings. The van der Waals surface area contributed by atoms with E-state index in [1.807, 2.05) is 0 Å². The Morgan fingerprint density at radius 2 is 1.30 bits per heavy atom. The van der Waals surface area contributed by atoms with Crippen molar-refractivity contribution in [3.05, 3.63) is 0 Å². The van der Waals surface area contributed by atoms with Crippen LogP contribution in [-0.2, 0) is 14.4 Å². The number of hydrogen-bond acceptors (Lipinski definition) is 3. The summed E-state index contributed by atoms with van der Waals surface area (Å²) in [5.74, 6) is -0.555. The minimum atomic E-state index is -1.05. The number of hydrogen-bond donors (Lipinski definition) is 3. The van der Waals surface area contributed by atoms with Gasteiger partial charge >= 0.3 is 0 Å². The minimum Gasteiger partial charge on any atom is -0.370 e. The van der Waals surface area contributed by atoms with Crippen molar-refractivity contribution in [2.24, 2.45) is 5.73 Å². The SMILES string of the molecule is CCCCCCCCCCCCC(CC(N)=O)(NC=O)NC=O. The Bertz CT molecular complexity index is 325. The lowest BCUT2D eigenvalue weighted by molar-refractivity contribution is -0.121. The van der Waals surface area contributed by atoms with Gasteiger partial charge in [-0.2, -0.15) is 0 Å². The fraction of sp³-hybridized carbons (Fsp3) is 0.824. The smallest absolute Gasteiger partial charge is 0.221 e. The van der Waals surface area contributed by atoms with Gasteiger partial charge in [0, 0.05) is 0 Å². The summed E-state index contributed by atoms with van der Waals surface area (Å²) in [5, 5.41) is 5.07. The van der Waals surface area contributed by atoms with Crippen LogP contribution in [0, 0.1) is 0 Å². The first-order valence-corrected chi connectivity index (χ1v) is 8.81. The summed E-state index contributed by atoms with van der Waals surface area (Å²) < 4.78 is 0. The van der Waals surface area contributed by atoms with Gasteiger partial charge in [0.15, 0.2) is 0 Å². The highest BCUT2D eigenvalue weighted by molar-refractivity contribution is 5.76. The number of carbonyl (C=O) groups excluding carboxylic acids is 3. The van der Waals surface area contributed by atoms with E-state index in [0.29, 0.717) is 19.2 Å². The van der Waals surface area contributed by atoms with E-state index in [1.54, 1.807) is 0 Å². The quantitative estimate of drug-likeness (QED) is 0.217. The summed E-state index contributed by atoms with van der Waals surface area (Å²) in [5.41, 5.74) is 4.16. The lowest BCUT2D eigenvalue weighted by atomic mass is 9.96. The molecule has 23 heavy (non-hydrogen) atoms. The molecule has 0 saturated carbocycles. The van der Waals surface area contributed by atoms with Crippen molar-refractivity contribution in [3.8, 4) is 0 Å².